The van der Waals surface area contributed by atoms with Gasteiger partial charge < -0.3 is 4.90 Å². The van der Waals surface area contributed by atoms with Crippen LogP contribution in [-0.4, -0.2) is 24.2 Å². The van der Waals surface area contributed by atoms with Gasteiger partial charge in [0.2, 0.25) is 0 Å². The highest BCUT2D eigenvalue weighted by Crippen LogP contribution is 2.01. The third-order valence-electron chi connectivity index (χ3n) is 0.957. The predicted octanol–water partition coefficient (Wildman–Crippen LogP) is 1.64. The molecule has 10 heavy (non-hydrogen) atoms. The van der Waals surface area contributed by atoms with Gasteiger partial charge in [-0.15, -0.1) is 12.4 Å². The second-order valence-corrected chi connectivity index (χ2v) is 2.19. The highest BCUT2D eigenvalue weighted by molar-refractivity contribution is 6.67. The summed E-state index contributed by atoms with van der Waals surface area (Å²) < 4.78 is 0. The van der Waals surface area contributed by atoms with Crippen LogP contribution in [0.4, 0.5) is 0 Å². The van der Waals surface area contributed by atoms with Crippen LogP contribution in [0.5, 0.6) is 0 Å². The van der Waals surface area contributed by atoms with E-state index in [0.29, 0.717) is 5.70 Å². The fourth-order valence-corrected chi connectivity index (χ4v) is 0.826. The van der Waals surface area contributed by atoms with E-state index in [1.54, 1.807) is 32.0 Å². The fourth-order valence-electron chi connectivity index (χ4n) is 0.547. The third kappa shape index (κ3) is 3.75. The summed E-state index contributed by atoms with van der Waals surface area (Å²) in [4.78, 5) is 12.1. The second-order valence-electron chi connectivity index (χ2n) is 1.84. The summed E-state index contributed by atoms with van der Waals surface area (Å²) in [7, 11) is 3.55. The lowest BCUT2D eigenvalue weighted by Crippen LogP contribution is -2.15. The van der Waals surface area contributed by atoms with Crippen LogP contribution in [0.3, 0.4) is 0 Å². The van der Waals surface area contributed by atoms with E-state index in [9.17, 15) is 4.79 Å². The van der Waals surface area contributed by atoms with E-state index in [1.807, 2.05) is 0 Å². The van der Waals surface area contributed by atoms with E-state index in [4.69, 9.17) is 11.6 Å². The van der Waals surface area contributed by atoms with Crippen LogP contribution in [0.1, 0.15) is 6.92 Å². The average molecular weight is 184 g/mol. The molecule has 0 bridgehead atoms. The minimum absolute atomic E-state index is 0. The molecule has 0 aromatic heterocycles. The quantitative estimate of drug-likeness (QED) is 0.480. The Labute approximate surface area is 72.3 Å². The minimum atomic E-state index is -0.414. The van der Waals surface area contributed by atoms with Crippen molar-refractivity contribution in [1.29, 1.82) is 0 Å². The van der Waals surface area contributed by atoms with Crippen molar-refractivity contribution in [3.05, 3.63) is 11.8 Å². The Morgan fingerprint density at radius 3 is 1.90 bits per heavy atom. The molecule has 60 valence electrons. The Kier molecular flexibility index (Phi) is 6.94. The standard InChI is InChI=1S/C6H10ClNO.ClH/c1-4-5(6(7)9)8(2)3;/h4H,1-3H3;1H/b5-4-;. The van der Waals surface area contributed by atoms with Crippen LogP contribution < -0.4 is 0 Å². The van der Waals surface area contributed by atoms with E-state index < -0.39 is 5.24 Å². The predicted molar refractivity (Wildman–Crippen MR) is 45.6 cm³/mol. The SMILES string of the molecule is C/C=C(/C(=O)Cl)N(C)C.Cl. The first-order chi connectivity index (χ1) is 4.09. The summed E-state index contributed by atoms with van der Waals surface area (Å²) in [6.07, 6.45) is 1.68. The van der Waals surface area contributed by atoms with Gasteiger partial charge in [-0.2, -0.15) is 0 Å². The Bertz CT molecular complexity index is 143. The highest BCUT2D eigenvalue weighted by Gasteiger charge is 2.04. The lowest BCUT2D eigenvalue weighted by molar-refractivity contribution is -0.109. The van der Waals surface area contributed by atoms with Crippen molar-refractivity contribution in [2.75, 3.05) is 14.1 Å². The molecule has 0 radical (unpaired) electrons. The fraction of sp³-hybridized carbons (Fsp3) is 0.500. The van der Waals surface area contributed by atoms with Crippen molar-refractivity contribution < 1.29 is 4.79 Å². The molecule has 2 nitrogen and oxygen atoms in total. The van der Waals surface area contributed by atoms with Gasteiger partial charge in [0.05, 0.1) is 5.70 Å². The molecule has 0 atom stereocenters. The molecule has 0 fully saturated rings. The monoisotopic (exact) mass is 183 g/mol. The minimum Gasteiger partial charge on any atom is -0.374 e. The molecule has 4 heteroatoms. The molecule has 0 aliphatic heterocycles. The van der Waals surface area contributed by atoms with Gasteiger partial charge in [0.1, 0.15) is 0 Å². The molecule has 0 aliphatic rings. The van der Waals surface area contributed by atoms with Gasteiger partial charge in [-0.05, 0) is 18.5 Å². The van der Waals surface area contributed by atoms with Crippen molar-refractivity contribution in [3.63, 3.8) is 0 Å². The van der Waals surface area contributed by atoms with E-state index in [2.05, 4.69) is 0 Å². The second kappa shape index (κ2) is 5.57. The van der Waals surface area contributed by atoms with Crippen LogP contribution >= 0.6 is 24.0 Å². The summed E-state index contributed by atoms with van der Waals surface area (Å²) in [5, 5.41) is -0.414. The number of carbonyl (C=O) groups is 1. The van der Waals surface area contributed by atoms with Crippen LogP contribution in [0.15, 0.2) is 11.8 Å². The van der Waals surface area contributed by atoms with Gasteiger partial charge in [-0.1, -0.05) is 6.08 Å². The van der Waals surface area contributed by atoms with Gasteiger partial charge in [0.25, 0.3) is 5.24 Å². The summed E-state index contributed by atoms with van der Waals surface area (Å²) in [6.45, 7) is 1.77. The Balaban J connectivity index is 0. The first kappa shape index (κ1) is 12.5. The normalized spacial score (nSPS) is 10.2. The van der Waals surface area contributed by atoms with Gasteiger partial charge in [0, 0.05) is 14.1 Å². The molecule has 0 heterocycles. The van der Waals surface area contributed by atoms with Crippen LogP contribution in [0.25, 0.3) is 0 Å². The molecule has 0 aliphatic carbocycles. The topological polar surface area (TPSA) is 20.3 Å². The van der Waals surface area contributed by atoms with E-state index in [-0.39, 0.29) is 12.4 Å². The smallest absolute Gasteiger partial charge is 0.268 e. The number of halogens is 2. The lowest BCUT2D eigenvalue weighted by Gasteiger charge is -2.11. The number of hydrogen-bond donors (Lipinski definition) is 0. The molecule has 0 amide bonds. The lowest BCUT2D eigenvalue weighted by atomic mass is 10.4. The van der Waals surface area contributed by atoms with Crippen molar-refractivity contribution in [2.24, 2.45) is 0 Å². The van der Waals surface area contributed by atoms with Crippen LogP contribution in [0.2, 0.25) is 0 Å². The summed E-state index contributed by atoms with van der Waals surface area (Å²) in [5.41, 5.74) is 0.525. The summed E-state index contributed by atoms with van der Waals surface area (Å²) >= 11 is 5.19. The number of nitrogens with zero attached hydrogens (tertiary/aromatic N) is 1. The first-order valence-electron chi connectivity index (χ1n) is 2.63. The Morgan fingerprint density at radius 2 is 1.90 bits per heavy atom. The number of allylic oxidation sites excluding steroid dienone is 2. The van der Waals surface area contributed by atoms with Crippen molar-refractivity contribution in [3.8, 4) is 0 Å². The zero-order valence-electron chi connectivity index (χ0n) is 6.22. The number of carbonyl (C=O) groups excluding carboxylic acids is 1. The van der Waals surface area contributed by atoms with Crippen LogP contribution in [0, 0.1) is 0 Å². The Morgan fingerprint density at radius 1 is 1.50 bits per heavy atom. The van der Waals surface area contributed by atoms with Gasteiger partial charge in [-0.3, -0.25) is 4.79 Å². The first-order valence-corrected chi connectivity index (χ1v) is 3.01. The summed E-state index contributed by atoms with van der Waals surface area (Å²) in [5.74, 6) is 0. The number of likely N-dealkylation sites (N-methyl/N-ethyl adjacent to an activating group) is 1. The molecule has 0 rings (SSSR count). The highest BCUT2D eigenvalue weighted by atomic mass is 35.5. The maximum Gasteiger partial charge on any atom is 0.268 e. The average Bonchev–Trinajstić information content (AvgIpc) is 1.64. The van der Waals surface area contributed by atoms with E-state index in [0.717, 1.165) is 0 Å². The van der Waals surface area contributed by atoms with Gasteiger partial charge in [-0.25, -0.2) is 0 Å². The maximum absolute atomic E-state index is 10.5. The van der Waals surface area contributed by atoms with Crippen LogP contribution in [-0.2, 0) is 4.79 Å². The van der Waals surface area contributed by atoms with E-state index >= 15 is 0 Å². The Hall–Kier alpha value is -0.210. The van der Waals surface area contributed by atoms with Crippen molar-refractivity contribution in [1.82, 2.24) is 4.90 Å². The number of hydrogen-bond acceptors (Lipinski definition) is 2. The molecular formula is C6H11Cl2NO. The molecule has 0 N–H and O–H groups in total. The molecule has 0 saturated heterocycles. The molecule has 0 saturated carbocycles. The van der Waals surface area contributed by atoms with Gasteiger partial charge in [0.15, 0.2) is 0 Å². The number of rotatable bonds is 2. The molecule has 0 unspecified atom stereocenters. The molecule has 0 aromatic rings. The van der Waals surface area contributed by atoms with E-state index in [1.165, 1.54) is 0 Å². The maximum atomic E-state index is 10.5. The molecule has 0 spiro atoms. The zero-order chi connectivity index (χ0) is 7.44. The third-order valence-corrected chi connectivity index (χ3v) is 1.15. The largest absolute Gasteiger partial charge is 0.374 e. The van der Waals surface area contributed by atoms with Gasteiger partial charge >= 0.3 is 0 Å². The molecule has 0 aromatic carbocycles. The summed E-state index contributed by atoms with van der Waals surface area (Å²) in [6, 6.07) is 0. The molecular weight excluding hydrogens is 173 g/mol. The zero-order valence-corrected chi connectivity index (χ0v) is 7.79. The van der Waals surface area contributed by atoms with Crippen molar-refractivity contribution >= 4 is 29.3 Å². The van der Waals surface area contributed by atoms with Crippen molar-refractivity contribution in [2.45, 2.75) is 6.92 Å².